The number of Topliss-reactive ketones (excluding diaryl/α,β-unsaturated/α-hetero) is 1. The molecule has 4 fully saturated rings. The van der Waals surface area contributed by atoms with Crippen molar-refractivity contribution in [2.45, 2.75) is 38.9 Å². The maximum absolute atomic E-state index is 11.6. The second kappa shape index (κ2) is 1.50. The Balaban J connectivity index is 2.06. The van der Waals surface area contributed by atoms with Crippen LogP contribution < -0.4 is 0 Å². The molecule has 0 radical (unpaired) electrons. The van der Waals surface area contributed by atoms with E-state index in [1.54, 1.807) is 0 Å². The molecule has 4 unspecified atom stereocenters. The summed E-state index contributed by atoms with van der Waals surface area (Å²) in [7, 11) is 0. The molecule has 1 saturated heterocycles. The van der Waals surface area contributed by atoms with Crippen molar-refractivity contribution < 1.29 is 9.53 Å². The predicted octanol–water partition coefficient (Wildman–Crippen LogP) is 1.39. The summed E-state index contributed by atoms with van der Waals surface area (Å²) in [6.07, 6.45) is 1.37. The third-order valence-electron chi connectivity index (χ3n) is 4.27. The molecular weight excluding hydrogens is 152 g/mol. The average Bonchev–Trinajstić information content (AvgIpc) is 2.58. The van der Waals surface area contributed by atoms with Gasteiger partial charge in [-0.25, -0.2) is 0 Å². The maximum Gasteiger partial charge on any atom is 0.143 e. The molecule has 4 atom stereocenters. The summed E-state index contributed by atoms with van der Waals surface area (Å²) >= 11 is 0. The molecule has 2 nitrogen and oxygen atoms in total. The number of epoxide rings is 1. The van der Waals surface area contributed by atoms with Crippen LogP contribution in [0.15, 0.2) is 0 Å². The normalized spacial score (nSPS) is 58.9. The molecule has 1 aliphatic heterocycles. The summed E-state index contributed by atoms with van der Waals surface area (Å²) < 4.78 is 5.60. The van der Waals surface area contributed by atoms with Gasteiger partial charge in [-0.2, -0.15) is 0 Å². The van der Waals surface area contributed by atoms with Crippen LogP contribution in [0.5, 0.6) is 0 Å². The minimum Gasteiger partial charge on any atom is -0.366 e. The van der Waals surface area contributed by atoms with E-state index in [-0.39, 0.29) is 16.9 Å². The molecule has 2 bridgehead atoms. The second-order valence-electron chi connectivity index (χ2n) is 5.24. The largest absolute Gasteiger partial charge is 0.366 e. The Bertz CT molecular complexity index is 277. The highest BCUT2D eigenvalue weighted by atomic mass is 16.6. The van der Waals surface area contributed by atoms with Crippen LogP contribution in [0.3, 0.4) is 0 Å². The summed E-state index contributed by atoms with van der Waals surface area (Å²) in [6.45, 7) is 6.50. The van der Waals surface area contributed by atoms with Crippen molar-refractivity contribution in [1.29, 1.82) is 0 Å². The van der Waals surface area contributed by atoms with Gasteiger partial charge in [0.1, 0.15) is 11.4 Å². The Hall–Kier alpha value is -0.370. The van der Waals surface area contributed by atoms with Crippen LogP contribution in [-0.4, -0.2) is 17.5 Å². The molecular formula is C10H14O2. The standard InChI is InChI=1S/C10H14O2/c1-9(2)5-4-6-10(3,12-6)8(9)7(5)11/h5-6,8H,4H2,1-3H3. The summed E-state index contributed by atoms with van der Waals surface area (Å²) in [5.41, 5.74) is 0.133. The third-order valence-corrected chi connectivity index (χ3v) is 4.27. The third kappa shape index (κ3) is 0.481. The van der Waals surface area contributed by atoms with E-state index in [9.17, 15) is 4.79 Å². The molecule has 66 valence electrons. The van der Waals surface area contributed by atoms with Gasteiger partial charge < -0.3 is 4.74 Å². The molecule has 12 heavy (non-hydrogen) atoms. The van der Waals surface area contributed by atoms with Crippen LogP contribution in [0.1, 0.15) is 27.2 Å². The molecule has 0 amide bonds. The first kappa shape index (κ1) is 7.07. The first-order chi connectivity index (χ1) is 5.48. The van der Waals surface area contributed by atoms with Crippen LogP contribution in [-0.2, 0) is 9.53 Å². The van der Waals surface area contributed by atoms with Crippen molar-refractivity contribution >= 4 is 5.78 Å². The Morgan fingerprint density at radius 2 is 2.08 bits per heavy atom. The van der Waals surface area contributed by atoms with Gasteiger partial charge in [-0.1, -0.05) is 13.8 Å². The van der Waals surface area contributed by atoms with Crippen LogP contribution in [0.25, 0.3) is 0 Å². The Morgan fingerprint density at radius 3 is 2.50 bits per heavy atom. The second-order valence-corrected chi connectivity index (χ2v) is 5.24. The lowest BCUT2D eigenvalue weighted by Crippen LogP contribution is -2.63. The van der Waals surface area contributed by atoms with Gasteiger partial charge >= 0.3 is 0 Å². The van der Waals surface area contributed by atoms with Crippen LogP contribution in [0.4, 0.5) is 0 Å². The van der Waals surface area contributed by atoms with E-state index < -0.39 is 0 Å². The summed E-state index contributed by atoms with van der Waals surface area (Å²) in [5, 5.41) is 0. The van der Waals surface area contributed by atoms with Crippen LogP contribution in [0, 0.1) is 17.3 Å². The zero-order valence-corrected chi connectivity index (χ0v) is 7.76. The van der Waals surface area contributed by atoms with E-state index in [1.807, 2.05) is 0 Å². The van der Waals surface area contributed by atoms with E-state index in [1.165, 1.54) is 0 Å². The van der Waals surface area contributed by atoms with Gasteiger partial charge in [0, 0.05) is 5.92 Å². The fourth-order valence-corrected chi connectivity index (χ4v) is 3.50. The van der Waals surface area contributed by atoms with Crippen molar-refractivity contribution in [2.75, 3.05) is 0 Å². The first-order valence-electron chi connectivity index (χ1n) is 4.69. The molecule has 3 aliphatic carbocycles. The predicted molar refractivity (Wildman–Crippen MR) is 43.7 cm³/mol. The average molecular weight is 166 g/mol. The number of hydrogen-bond acceptors (Lipinski definition) is 2. The first-order valence-corrected chi connectivity index (χ1v) is 4.69. The Morgan fingerprint density at radius 1 is 1.42 bits per heavy atom. The maximum atomic E-state index is 11.6. The fraction of sp³-hybridized carbons (Fsp3) is 0.900. The minimum atomic E-state index is -0.0741. The fourth-order valence-electron chi connectivity index (χ4n) is 3.50. The SMILES string of the molecule is CC1(C)C2CC3OC3(C)C1C2=O. The van der Waals surface area contributed by atoms with Gasteiger partial charge in [-0.05, 0) is 18.8 Å². The monoisotopic (exact) mass is 166 g/mol. The molecule has 0 aromatic rings. The Kier molecular flexibility index (Phi) is 0.885. The van der Waals surface area contributed by atoms with Gasteiger partial charge in [-0.15, -0.1) is 0 Å². The molecule has 4 aliphatic rings. The van der Waals surface area contributed by atoms with Gasteiger partial charge in [0.15, 0.2) is 0 Å². The van der Waals surface area contributed by atoms with Crippen molar-refractivity contribution in [3.05, 3.63) is 0 Å². The molecule has 0 aromatic heterocycles. The summed E-state index contributed by atoms with van der Waals surface area (Å²) in [6, 6.07) is 0. The number of ketones is 1. The van der Waals surface area contributed by atoms with Crippen molar-refractivity contribution in [3.63, 3.8) is 0 Å². The molecule has 2 heteroatoms. The topological polar surface area (TPSA) is 29.6 Å². The molecule has 4 rings (SSSR count). The molecule has 0 aromatic carbocycles. The number of ether oxygens (including phenoxy) is 1. The van der Waals surface area contributed by atoms with Gasteiger partial charge in [-0.3, -0.25) is 4.79 Å². The van der Waals surface area contributed by atoms with E-state index in [2.05, 4.69) is 20.8 Å². The van der Waals surface area contributed by atoms with Crippen LogP contribution >= 0.6 is 0 Å². The number of carbonyl (C=O) groups is 1. The molecule has 0 spiro atoms. The smallest absolute Gasteiger partial charge is 0.143 e. The molecule has 0 N–H and O–H groups in total. The van der Waals surface area contributed by atoms with E-state index in [4.69, 9.17) is 4.74 Å². The quantitative estimate of drug-likeness (QED) is 0.509. The minimum absolute atomic E-state index is 0.0741. The van der Waals surface area contributed by atoms with Gasteiger partial charge in [0.2, 0.25) is 0 Å². The van der Waals surface area contributed by atoms with E-state index in [0.717, 1.165) is 6.42 Å². The van der Waals surface area contributed by atoms with Crippen molar-refractivity contribution in [2.24, 2.45) is 17.3 Å². The van der Waals surface area contributed by atoms with Gasteiger partial charge in [0.25, 0.3) is 0 Å². The summed E-state index contributed by atoms with van der Waals surface area (Å²) in [4.78, 5) is 11.6. The lowest BCUT2D eigenvalue weighted by Gasteiger charge is -2.55. The summed E-state index contributed by atoms with van der Waals surface area (Å²) in [5.74, 6) is 0.938. The highest BCUT2D eigenvalue weighted by Gasteiger charge is 2.77. The van der Waals surface area contributed by atoms with Gasteiger partial charge in [0.05, 0.1) is 12.0 Å². The zero-order valence-electron chi connectivity index (χ0n) is 7.76. The zero-order chi connectivity index (χ0) is 8.72. The number of hydrogen-bond donors (Lipinski definition) is 0. The molecule has 1 heterocycles. The number of rotatable bonds is 0. The highest BCUT2D eigenvalue weighted by Crippen LogP contribution is 2.68. The van der Waals surface area contributed by atoms with Crippen LogP contribution in [0.2, 0.25) is 0 Å². The lowest BCUT2D eigenvalue weighted by molar-refractivity contribution is -0.161. The highest BCUT2D eigenvalue weighted by molar-refractivity contribution is 5.94. The van der Waals surface area contributed by atoms with Crippen molar-refractivity contribution in [3.8, 4) is 0 Å². The lowest BCUT2D eigenvalue weighted by atomic mass is 9.45. The van der Waals surface area contributed by atoms with Crippen molar-refractivity contribution in [1.82, 2.24) is 0 Å². The number of carbonyl (C=O) groups excluding carboxylic acids is 1. The van der Waals surface area contributed by atoms with E-state index >= 15 is 0 Å². The van der Waals surface area contributed by atoms with E-state index in [0.29, 0.717) is 17.8 Å². The Labute approximate surface area is 72.3 Å². The molecule has 3 saturated carbocycles.